The molecule has 2 bridgehead atoms. The normalized spacial score (nSPS) is 35.9. The summed E-state index contributed by atoms with van der Waals surface area (Å²) in [4.78, 5) is 12.4. The van der Waals surface area contributed by atoms with Crippen LogP contribution in [0, 0.1) is 17.8 Å². The van der Waals surface area contributed by atoms with E-state index in [2.05, 4.69) is 5.32 Å². The number of amides is 1. The summed E-state index contributed by atoms with van der Waals surface area (Å²) < 4.78 is 0. The molecule has 4 atom stereocenters. The fraction of sp³-hybridized carbons (Fsp3) is 0.929. The van der Waals surface area contributed by atoms with Gasteiger partial charge in [-0.05, 0) is 58.8 Å². The molecule has 2 rings (SSSR count). The first kappa shape index (κ1) is 13.8. The fourth-order valence-corrected chi connectivity index (χ4v) is 3.27. The van der Waals surface area contributed by atoms with Crippen LogP contribution in [0.4, 0.5) is 0 Å². The van der Waals surface area contributed by atoms with Gasteiger partial charge in [0.1, 0.15) is 0 Å². The molecule has 4 N–H and O–H groups in total. The highest BCUT2D eigenvalue weighted by Gasteiger charge is 2.50. The Hall–Kier alpha value is -0.610. The number of nitrogens with two attached hydrogens (primary N) is 1. The van der Waals surface area contributed by atoms with Gasteiger partial charge in [0.15, 0.2) is 0 Å². The third-order valence-electron chi connectivity index (χ3n) is 5.25. The second-order valence-electron chi connectivity index (χ2n) is 7.11. The Morgan fingerprint density at radius 3 is 2.22 bits per heavy atom. The third-order valence-corrected chi connectivity index (χ3v) is 5.25. The zero-order valence-electron chi connectivity index (χ0n) is 11.9. The number of hydrogen-bond donors (Lipinski definition) is 3. The van der Waals surface area contributed by atoms with Crippen LogP contribution in [0.2, 0.25) is 0 Å². The molecule has 2 aliphatic carbocycles. The summed E-state index contributed by atoms with van der Waals surface area (Å²) in [7, 11) is 0. The molecule has 1 amide bonds. The Labute approximate surface area is 109 Å². The van der Waals surface area contributed by atoms with E-state index in [9.17, 15) is 9.90 Å². The van der Waals surface area contributed by atoms with E-state index in [0.717, 1.165) is 12.8 Å². The highest BCUT2D eigenvalue weighted by Crippen LogP contribution is 2.47. The van der Waals surface area contributed by atoms with Crippen LogP contribution in [0.25, 0.3) is 0 Å². The third kappa shape index (κ3) is 2.16. The molecule has 0 heterocycles. The van der Waals surface area contributed by atoms with E-state index < -0.39 is 11.1 Å². The van der Waals surface area contributed by atoms with Gasteiger partial charge in [-0.2, -0.15) is 0 Å². The van der Waals surface area contributed by atoms with Gasteiger partial charge in [-0.15, -0.1) is 0 Å². The molecule has 2 saturated carbocycles. The van der Waals surface area contributed by atoms with Crippen LogP contribution >= 0.6 is 0 Å². The van der Waals surface area contributed by atoms with Crippen LogP contribution in [0.3, 0.4) is 0 Å². The van der Waals surface area contributed by atoms with Crippen LogP contribution in [0.1, 0.15) is 47.0 Å². The summed E-state index contributed by atoms with van der Waals surface area (Å²) in [6, 6.07) is 0.00125. The smallest absolute Gasteiger partial charge is 0.225 e. The Kier molecular flexibility index (Phi) is 3.23. The van der Waals surface area contributed by atoms with Crippen LogP contribution in [0.5, 0.6) is 0 Å². The van der Waals surface area contributed by atoms with Crippen LogP contribution < -0.4 is 11.1 Å². The number of hydrogen-bond acceptors (Lipinski definition) is 3. The van der Waals surface area contributed by atoms with Crippen LogP contribution in [-0.4, -0.2) is 28.2 Å². The predicted molar refractivity (Wildman–Crippen MR) is 70.8 cm³/mol. The molecule has 0 spiro atoms. The maximum absolute atomic E-state index is 12.4. The molecular weight excluding hydrogens is 228 g/mol. The lowest BCUT2D eigenvalue weighted by molar-refractivity contribution is -0.132. The molecule has 4 unspecified atom stereocenters. The first-order valence-corrected chi connectivity index (χ1v) is 6.93. The SMILES string of the molecule is CC(C)(O)C(C)(C)NC(=O)C1C2CCC(C2)C1N. The number of carbonyl (C=O) groups excluding carboxylic acids is 1. The van der Waals surface area contributed by atoms with E-state index in [1.807, 2.05) is 13.8 Å². The second-order valence-corrected chi connectivity index (χ2v) is 7.11. The monoisotopic (exact) mass is 254 g/mol. The van der Waals surface area contributed by atoms with Crippen molar-refractivity contribution in [3.05, 3.63) is 0 Å². The highest BCUT2D eigenvalue weighted by molar-refractivity contribution is 5.81. The van der Waals surface area contributed by atoms with Gasteiger partial charge in [0, 0.05) is 6.04 Å². The molecule has 0 radical (unpaired) electrons. The second kappa shape index (κ2) is 4.20. The summed E-state index contributed by atoms with van der Waals surface area (Å²) in [5, 5.41) is 13.1. The molecule has 0 aromatic heterocycles. The molecule has 0 aliphatic heterocycles. The van der Waals surface area contributed by atoms with Crippen LogP contribution in [-0.2, 0) is 4.79 Å². The summed E-state index contributed by atoms with van der Waals surface area (Å²) in [6.45, 7) is 7.13. The van der Waals surface area contributed by atoms with E-state index in [-0.39, 0.29) is 17.9 Å². The number of fused-ring (bicyclic) bond motifs is 2. The molecule has 2 fully saturated rings. The lowest BCUT2D eigenvalue weighted by Crippen LogP contribution is -2.60. The average molecular weight is 254 g/mol. The minimum Gasteiger partial charge on any atom is -0.388 e. The van der Waals surface area contributed by atoms with Gasteiger partial charge >= 0.3 is 0 Å². The lowest BCUT2D eigenvalue weighted by atomic mass is 9.81. The number of aliphatic hydroxyl groups is 1. The first-order valence-electron chi connectivity index (χ1n) is 6.93. The van der Waals surface area contributed by atoms with E-state index in [1.54, 1.807) is 13.8 Å². The van der Waals surface area contributed by atoms with Gasteiger partial charge in [-0.1, -0.05) is 0 Å². The van der Waals surface area contributed by atoms with Gasteiger partial charge in [-0.25, -0.2) is 0 Å². The van der Waals surface area contributed by atoms with Crippen molar-refractivity contribution in [2.75, 3.05) is 0 Å². The van der Waals surface area contributed by atoms with Crippen molar-refractivity contribution in [1.29, 1.82) is 0 Å². The molecule has 4 heteroatoms. The van der Waals surface area contributed by atoms with E-state index in [4.69, 9.17) is 5.73 Å². The molecule has 0 aromatic rings. The summed E-state index contributed by atoms with van der Waals surface area (Å²) in [5.74, 6) is 0.922. The van der Waals surface area contributed by atoms with Gasteiger partial charge in [-0.3, -0.25) is 4.79 Å². The molecule has 0 saturated heterocycles. The van der Waals surface area contributed by atoms with Crippen molar-refractivity contribution < 1.29 is 9.90 Å². The highest BCUT2D eigenvalue weighted by atomic mass is 16.3. The number of nitrogens with one attached hydrogen (secondary N) is 1. The zero-order chi connectivity index (χ0) is 13.7. The summed E-state index contributed by atoms with van der Waals surface area (Å²) >= 11 is 0. The largest absolute Gasteiger partial charge is 0.388 e. The predicted octanol–water partition coefficient (Wildman–Crippen LogP) is 1.03. The Morgan fingerprint density at radius 1 is 1.22 bits per heavy atom. The summed E-state index contributed by atoms with van der Waals surface area (Å²) in [5.41, 5.74) is 4.57. The molecule has 4 nitrogen and oxygen atoms in total. The quantitative estimate of drug-likeness (QED) is 0.704. The molecule has 2 aliphatic rings. The minimum absolute atomic E-state index is 0.00125. The van der Waals surface area contributed by atoms with Gasteiger partial charge in [0.05, 0.1) is 17.1 Å². The maximum atomic E-state index is 12.4. The van der Waals surface area contributed by atoms with Crippen molar-refractivity contribution in [3.63, 3.8) is 0 Å². The van der Waals surface area contributed by atoms with Crippen molar-refractivity contribution in [3.8, 4) is 0 Å². The van der Waals surface area contributed by atoms with E-state index in [1.165, 1.54) is 6.42 Å². The average Bonchev–Trinajstić information content (AvgIpc) is 2.74. The molecular formula is C14H26N2O2. The van der Waals surface area contributed by atoms with Gasteiger partial charge in [0.25, 0.3) is 0 Å². The topological polar surface area (TPSA) is 75.3 Å². The molecule has 104 valence electrons. The Balaban J connectivity index is 2.05. The van der Waals surface area contributed by atoms with Crippen molar-refractivity contribution in [1.82, 2.24) is 5.32 Å². The first-order chi connectivity index (χ1) is 8.13. The van der Waals surface area contributed by atoms with E-state index >= 15 is 0 Å². The fourth-order valence-electron chi connectivity index (χ4n) is 3.27. The summed E-state index contributed by atoms with van der Waals surface area (Å²) in [6.07, 6.45) is 3.39. The minimum atomic E-state index is -0.954. The number of carbonyl (C=O) groups is 1. The van der Waals surface area contributed by atoms with Crippen molar-refractivity contribution in [2.45, 2.75) is 64.1 Å². The number of rotatable bonds is 3. The maximum Gasteiger partial charge on any atom is 0.225 e. The molecule has 0 aromatic carbocycles. The lowest BCUT2D eigenvalue weighted by Gasteiger charge is -2.40. The molecule has 18 heavy (non-hydrogen) atoms. The zero-order valence-corrected chi connectivity index (χ0v) is 11.9. The van der Waals surface area contributed by atoms with Crippen LogP contribution in [0.15, 0.2) is 0 Å². The van der Waals surface area contributed by atoms with Crippen molar-refractivity contribution >= 4 is 5.91 Å². The Morgan fingerprint density at radius 2 is 1.78 bits per heavy atom. The Bertz CT molecular complexity index is 344. The van der Waals surface area contributed by atoms with Crippen molar-refractivity contribution in [2.24, 2.45) is 23.5 Å². The van der Waals surface area contributed by atoms with E-state index in [0.29, 0.717) is 11.8 Å². The standard InChI is InChI=1S/C14H26N2O2/c1-13(2,14(3,4)18)16-12(17)10-8-5-6-9(7-8)11(10)15/h8-11,18H,5-7,15H2,1-4H3,(H,16,17). The van der Waals surface area contributed by atoms with Gasteiger partial charge < -0.3 is 16.2 Å². The van der Waals surface area contributed by atoms with Gasteiger partial charge in [0.2, 0.25) is 5.91 Å².